The third-order valence-electron chi connectivity index (χ3n) is 2.77. The molecule has 0 aliphatic carbocycles. The molecule has 7 nitrogen and oxygen atoms in total. The number of hydrogen-bond acceptors (Lipinski definition) is 5. The first kappa shape index (κ1) is 15.8. The van der Waals surface area contributed by atoms with Crippen molar-refractivity contribution in [3.05, 3.63) is 0 Å². The van der Waals surface area contributed by atoms with Crippen LogP contribution in [-0.4, -0.2) is 77.2 Å². The second kappa shape index (κ2) is 7.34. The molecule has 1 saturated heterocycles. The van der Waals surface area contributed by atoms with Gasteiger partial charge in [0, 0.05) is 26.3 Å². The number of aliphatic carboxylic acids is 1. The van der Waals surface area contributed by atoms with Crippen LogP contribution in [0.3, 0.4) is 0 Å². The molecule has 0 saturated carbocycles. The molecule has 0 radical (unpaired) electrons. The summed E-state index contributed by atoms with van der Waals surface area (Å²) in [4.78, 5) is 37.2. The standard InChI is InChI=1S/C11H18N2O5S/c1-8(14)13-7-19-6-9(13)11(17)12(3-4-18-2)5-10(15)16/h9H,3-7H2,1-2H3,(H,15,16)/t9-/m1/s1. The molecule has 1 heterocycles. The minimum Gasteiger partial charge on any atom is -0.480 e. The maximum Gasteiger partial charge on any atom is 0.323 e. The van der Waals surface area contributed by atoms with E-state index in [-0.39, 0.29) is 31.5 Å². The number of carbonyl (C=O) groups excluding carboxylic acids is 2. The minimum absolute atomic E-state index is 0.176. The van der Waals surface area contributed by atoms with Gasteiger partial charge in [0.2, 0.25) is 11.8 Å². The molecule has 0 aromatic carbocycles. The summed E-state index contributed by atoms with van der Waals surface area (Å²) >= 11 is 1.49. The molecule has 8 heteroatoms. The predicted molar refractivity (Wildman–Crippen MR) is 69.7 cm³/mol. The fourth-order valence-electron chi connectivity index (χ4n) is 1.80. The molecule has 108 valence electrons. The maximum atomic E-state index is 12.3. The van der Waals surface area contributed by atoms with Crippen molar-refractivity contribution in [2.45, 2.75) is 13.0 Å². The summed E-state index contributed by atoms with van der Waals surface area (Å²) in [6.07, 6.45) is 0. The molecule has 1 aliphatic rings. The molecular formula is C11H18N2O5S. The van der Waals surface area contributed by atoms with Gasteiger partial charge in [-0.15, -0.1) is 11.8 Å². The van der Waals surface area contributed by atoms with Gasteiger partial charge in [-0.1, -0.05) is 0 Å². The molecular weight excluding hydrogens is 272 g/mol. The first-order valence-corrected chi connectivity index (χ1v) is 6.97. The van der Waals surface area contributed by atoms with E-state index >= 15 is 0 Å². The van der Waals surface area contributed by atoms with Gasteiger partial charge < -0.3 is 19.6 Å². The lowest BCUT2D eigenvalue weighted by atomic mass is 10.2. The van der Waals surface area contributed by atoms with E-state index in [9.17, 15) is 14.4 Å². The number of hydrogen-bond donors (Lipinski definition) is 1. The van der Waals surface area contributed by atoms with Crippen LogP contribution in [0.15, 0.2) is 0 Å². The second-order valence-electron chi connectivity index (χ2n) is 4.15. The van der Waals surface area contributed by atoms with Gasteiger partial charge in [-0.05, 0) is 0 Å². The first-order chi connectivity index (χ1) is 8.97. The summed E-state index contributed by atoms with van der Waals surface area (Å²) in [5, 5.41) is 8.83. The Kier molecular flexibility index (Phi) is 6.10. The molecule has 2 amide bonds. The zero-order chi connectivity index (χ0) is 14.4. The lowest BCUT2D eigenvalue weighted by Crippen LogP contribution is -2.50. The Bertz CT molecular complexity index is 363. The van der Waals surface area contributed by atoms with Gasteiger partial charge in [-0.2, -0.15) is 0 Å². The molecule has 1 rings (SSSR count). The highest BCUT2D eigenvalue weighted by atomic mass is 32.2. The number of nitrogens with zero attached hydrogens (tertiary/aromatic N) is 2. The number of carbonyl (C=O) groups is 3. The van der Waals surface area contributed by atoms with E-state index in [0.29, 0.717) is 11.6 Å². The SMILES string of the molecule is COCCN(CC(=O)O)C(=O)[C@H]1CSCN1C(C)=O. The van der Waals surface area contributed by atoms with E-state index in [1.54, 1.807) is 0 Å². The largest absolute Gasteiger partial charge is 0.480 e. The van der Waals surface area contributed by atoms with Crippen molar-refractivity contribution in [2.75, 3.05) is 38.4 Å². The third kappa shape index (κ3) is 4.39. The van der Waals surface area contributed by atoms with Gasteiger partial charge >= 0.3 is 5.97 Å². The summed E-state index contributed by atoms with van der Waals surface area (Å²) in [7, 11) is 1.48. The Morgan fingerprint density at radius 2 is 2.16 bits per heavy atom. The Morgan fingerprint density at radius 1 is 1.47 bits per heavy atom. The zero-order valence-corrected chi connectivity index (χ0v) is 11.8. The summed E-state index contributed by atoms with van der Waals surface area (Å²) in [6, 6.07) is -0.571. The van der Waals surface area contributed by atoms with Crippen molar-refractivity contribution in [3.8, 4) is 0 Å². The maximum absolute atomic E-state index is 12.3. The van der Waals surface area contributed by atoms with E-state index in [4.69, 9.17) is 9.84 Å². The number of carboxylic acid groups (broad SMARTS) is 1. The number of amides is 2. The number of carboxylic acids is 1. The van der Waals surface area contributed by atoms with E-state index < -0.39 is 12.0 Å². The van der Waals surface area contributed by atoms with E-state index in [1.165, 1.54) is 35.6 Å². The Labute approximate surface area is 115 Å². The van der Waals surface area contributed by atoms with Crippen molar-refractivity contribution in [1.82, 2.24) is 9.80 Å². The fraction of sp³-hybridized carbons (Fsp3) is 0.727. The number of thioether (sulfide) groups is 1. The molecule has 0 spiro atoms. The van der Waals surface area contributed by atoms with Gasteiger partial charge in [-0.3, -0.25) is 14.4 Å². The van der Waals surface area contributed by atoms with Crippen LogP contribution in [0, 0.1) is 0 Å². The first-order valence-electron chi connectivity index (χ1n) is 5.81. The molecule has 1 fully saturated rings. The quantitative estimate of drug-likeness (QED) is 0.707. The van der Waals surface area contributed by atoms with Crippen molar-refractivity contribution >= 4 is 29.5 Å². The molecule has 19 heavy (non-hydrogen) atoms. The molecule has 1 atom stereocenters. The smallest absolute Gasteiger partial charge is 0.323 e. The van der Waals surface area contributed by atoms with Crippen molar-refractivity contribution in [3.63, 3.8) is 0 Å². The van der Waals surface area contributed by atoms with Gasteiger partial charge in [0.05, 0.1) is 12.5 Å². The van der Waals surface area contributed by atoms with Crippen LogP contribution >= 0.6 is 11.8 Å². The number of ether oxygens (including phenoxy) is 1. The van der Waals surface area contributed by atoms with Crippen molar-refractivity contribution in [2.24, 2.45) is 0 Å². The van der Waals surface area contributed by atoms with Gasteiger partial charge in [0.25, 0.3) is 0 Å². The lowest BCUT2D eigenvalue weighted by Gasteiger charge is -2.28. The van der Waals surface area contributed by atoms with Crippen LogP contribution in [0.2, 0.25) is 0 Å². The number of rotatable bonds is 6. The van der Waals surface area contributed by atoms with Crippen LogP contribution in [0.1, 0.15) is 6.92 Å². The van der Waals surface area contributed by atoms with Gasteiger partial charge in [-0.25, -0.2) is 0 Å². The molecule has 0 aromatic rings. The average molecular weight is 290 g/mol. The highest BCUT2D eigenvalue weighted by molar-refractivity contribution is 7.99. The lowest BCUT2D eigenvalue weighted by molar-refractivity contribution is -0.148. The fourth-order valence-corrected chi connectivity index (χ4v) is 3.01. The van der Waals surface area contributed by atoms with Crippen LogP contribution < -0.4 is 0 Å². The predicted octanol–water partition coefficient (Wildman–Crippen LogP) is -0.533. The average Bonchev–Trinajstić information content (AvgIpc) is 2.82. The molecule has 0 aromatic heterocycles. The van der Waals surface area contributed by atoms with E-state index in [2.05, 4.69) is 0 Å². The molecule has 0 bridgehead atoms. The second-order valence-corrected chi connectivity index (χ2v) is 5.15. The Balaban J connectivity index is 2.73. The highest BCUT2D eigenvalue weighted by Gasteiger charge is 2.36. The highest BCUT2D eigenvalue weighted by Crippen LogP contribution is 2.22. The van der Waals surface area contributed by atoms with E-state index in [0.717, 1.165) is 0 Å². The van der Waals surface area contributed by atoms with Crippen LogP contribution in [0.4, 0.5) is 0 Å². The summed E-state index contributed by atoms with van der Waals surface area (Å²) in [5.74, 6) is -0.618. The summed E-state index contributed by atoms with van der Waals surface area (Å²) in [5.41, 5.74) is 0. The van der Waals surface area contributed by atoms with Crippen molar-refractivity contribution in [1.29, 1.82) is 0 Å². The van der Waals surface area contributed by atoms with Crippen LogP contribution in [-0.2, 0) is 19.1 Å². The molecule has 1 aliphatic heterocycles. The van der Waals surface area contributed by atoms with Gasteiger partial charge in [0.1, 0.15) is 12.6 Å². The minimum atomic E-state index is -1.08. The molecule has 1 N–H and O–H groups in total. The normalized spacial score (nSPS) is 18.4. The van der Waals surface area contributed by atoms with Crippen molar-refractivity contribution < 1.29 is 24.2 Å². The number of methoxy groups -OCH3 is 1. The van der Waals surface area contributed by atoms with Crippen LogP contribution in [0.25, 0.3) is 0 Å². The third-order valence-corrected chi connectivity index (χ3v) is 3.79. The molecule has 0 unspecified atom stereocenters. The zero-order valence-electron chi connectivity index (χ0n) is 11.0. The Hall–Kier alpha value is -1.28. The summed E-state index contributed by atoms with van der Waals surface area (Å²) in [6.45, 7) is 1.49. The van der Waals surface area contributed by atoms with E-state index in [1.807, 2.05) is 0 Å². The van der Waals surface area contributed by atoms with Gasteiger partial charge in [0.15, 0.2) is 0 Å². The topological polar surface area (TPSA) is 87.2 Å². The van der Waals surface area contributed by atoms with Crippen LogP contribution in [0.5, 0.6) is 0 Å². The monoisotopic (exact) mass is 290 g/mol. The Morgan fingerprint density at radius 3 is 2.68 bits per heavy atom. The summed E-state index contributed by atoms with van der Waals surface area (Å²) < 4.78 is 4.87.